The van der Waals surface area contributed by atoms with Gasteiger partial charge in [0, 0.05) is 25.5 Å². The van der Waals surface area contributed by atoms with Crippen molar-refractivity contribution in [3.8, 4) is 0 Å². The monoisotopic (exact) mass is 405 g/mol. The van der Waals surface area contributed by atoms with Gasteiger partial charge in [-0.2, -0.15) is 13.2 Å². The van der Waals surface area contributed by atoms with Gasteiger partial charge in [-0.25, -0.2) is 9.97 Å². The maximum Gasteiger partial charge on any atom is 0.416 e. The first-order valence-corrected chi connectivity index (χ1v) is 8.65. The Bertz CT molecular complexity index is 970. The molecule has 2 aromatic heterocycles. The number of alkyl halides is 3. The van der Waals surface area contributed by atoms with E-state index in [1.54, 1.807) is 22.8 Å². The molecule has 152 valence electrons. The number of nitrogens with one attached hydrogen (secondary N) is 2. The number of aliphatic hydroxyl groups excluding tert-OH is 1. The third-order valence-corrected chi connectivity index (χ3v) is 3.94. The molecule has 3 N–H and O–H groups in total. The molecule has 1 aromatic carbocycles. The Kier molecular flexibility index (Phi) is 6.13. The van der Waals surface area contributed by atoms with E-state index in [0.717, 1.165) is 12.1 Å². The molecule has 0 fully saturated rings. The molecule has 0 aliphatic carbocycles. The van der Waals surface area contributed by atoms with Crippen molar-refractivity contribution in [1.29, 1.82) is 0 Å². The molecule has 0 saturated heterocycles. The van der Waals surface area contributed by atoms with Crippen LogP contribution in [0.15, 0.2) is 55.1 Å². The number of pyridine rings is 1. The summed E-state index contributed by atoms with van der Waals surface area (Å²) in [6.07, 6.45) is -0.0608. The van der Waals surface area contributed by atoms with Crippen molar-refractivity contribution in [2.75, 3.05) is 23.8 Å². The topological polar surface area (TPSA) is 92.1 Å². The van der Waals surface area contributed by atoms with Crippen LogP contribution in [0.3, 0.4) is 0 Å². The van der Waals surface area contributed by atoms with Crippen LogP contribution in [0, 0.1) is 0 Å². The van der Waals surface area contributed by atoms with Gasteiger partial charge in [0.1, 0.15) is 5.82 Å². The quantitative estimate of drug-likeness (QED) is 0.562. The van der Waals surface area contributed by atoms with Gasteiger partial charge in [-0.3, -0.25) is 4.79 Å². The Hall–Kier alpha value is -3.40. The first kappa shape index (κ1) is 20.3. The van der Waals surface area contributed by atoms with Crippen LogP contribution < -0.4 is 10.6 Å². The molecule has 1 amide bonds. The van der Waals surface area contributed by atoms with E-state index < -0.39 is 17.6 Å². The number of amides is 1. The van der Waals surface area contributed by atoms with Gasteiger partial charge in [0.15, 0.2) is 5.82 Å². The van der Waals surface area contributed by atoms with Crippen molar-refractivity contribution < 1.29 is 23.1 Å². The van der Waals surface area contributed by atoms with E-state index in [9.17, 15) is 18.0 Å². The number of halogens is 3. The number of carbonyl (C=O) groups is 1. The lowest BCUT2D eigenvalue weighted by atomic mass is 10.1. The molecule has 0 saturated carbocycles. The lowest BCUT2D eigenvalue weighted by Crippen LogP contribution is -2.13. The van der Waals surface area contributed by atoms with Crippen molar-refractivity contribution in [3.05, 3.63) is 71.8 Å². The zero-order valence-corrected chi connectivity index (χ0v) is 15.1. The maximum atomic E-state index is 12.8. The minimum absolute atomic E-state index is 0.0346. The molecule has 3 aromatic rings. The number of aromatic nitrogens is 3. The van der Waals surface area contributed by atoms with Crippen LogP contribution in [-0.4, -0.2) is 38.7 Å². The highest BCUT2D eigenvalue weighted by Gasteiger charge is 2.30. The molecule has 10 heteroatoms. The second-order valence-corrected chi connectivity index (χ2v) is 6.17. The summed E-state index contributed by atoms with van der Waals surface area (Å²) in [6.45, 7) is 0.495. The number of imidazole rings is 1. The fraction of sp³-hybridized carbons (Fsp3) is 0.211. The molecule has 0 unspecified atom stereocenters. The molecule has 0 spiro atoms. The molecular weight excluding hydrogens is 387 g/mol. The molecule has 0 bridgehead atoms. The number of carbonyl (C=O) groups excluding carboxylic acids is 1. The second-order valence-electron chi connectivity index (χ2n) is 6.17. The number of rotatable bonds is 7. The third kappa shape index (κ3) is 5.55. The van der Waals surface area contributed by atoms with E-state index in [-0.39, 0.29) is 19.0 Å². The summed E-state index contributed by atoms with van der Waals surface area (Å²) in [4.78, 5) is 20.4. The highest BCUT2D eigenvalue weighted by molar-refractivity contribution is 6.03. The van der Waals surface area contributed by atoms with E-state index >= 15 is 0 Å². The number of benzene rings is 1. The largest absolute Gasteiger partial charge is 0.416 e. The smallest absolute Gasteiger partial charge is 0.395 e. The van der Waals surface area contributed by atoms with Crippen molar-refractivity contribution in [2.24, 2.45) is 0 Å². The normalized spacial score (nSPS) is 11.3. The van der Waals surface area contributed by atoms with E-state index in [4.69, 9.17) is 5.11 Å². The van der Waals surface area contributed by atoms with Gasteiger partial charge in [0.2, 0.25) is 0 Å². The number of aliphatic hydroxyl groups is 1. The van der Waals surface area contributed by atoms with Gasteiger partial charge in [-0.05, 0) is 29.8 Å². The number of hydrogen-bond acceptors (Lipinski definition) is 5. The SMILES string of the molecule is O=C(Nc1cn(Cc2cccc(C(F)(F)F)c2)cn1)c1ccc(NCCO)nc1. The van der Waals surface area contributed by atoms with Crippen molar-refractivity contribution >= 4 is 17.5 Å². The first-order chi connectivity index (χ1) is 13.8. The standard InChI is InChI=1S/C19H18F3N5O2/c20-19(21,22)15-3-1-2-13(8-15)10-27-11-17(25-12-27)26-18(29)14-4-5-16(24-9-14)23-6-7-28/h1-5,8-9,11-12,28H,6-7,10H2,(H,23,24)(H,26,29). The van der Waals surface area contributed by atoms with E-state index in [1.165, 1.54) is 24.8 Å². The molecule has 0 atom stereocenters. The molecule has 29 heavy (non-hydrogen) atoms. The fourth-order valence-corrected chi connectivity index (χ4v) is 2.57. The maximum absolute atomic E-state index is 12.8. The van der Waals surface area contributed by atoms with Crippen LogP contribution in [0.4, 0.5) is 24.8 Å². The summed E-state index contributed by atoms with van der Waals surface area (Å²) in [6, 6.07) is 8.21. The Morgan fingerprint density at radius 2 is 1.97 bits per heavy atom. The minimum atomic E-state index is -4.40. The lowest BCUT2D eigenvalue weighted by Gasteiger charge is -2.09. The van der Waals surface area contributed by atoms with Gasteiger partial charge >= 0.3 is 6.18 Å². The van der Waals surface area contributed by atoms with Crippen LogP contribution in [0.2, 0.25) is 0 Å². The van der Waals surface area contributed by atoms with Crippen molar-refractivity contribution in [1.82, 2.24) is 14.5 Å². The molecular formula is C19H18F3N5O2. The Morgan fingerprint density at radius 1 is 1.14 bits per heavy atom. The summed E-state index contributed by atoms with van der Waals surface area (Å²) in [5, 5.41) is 14.2. The number of hydrogen-bond donors (Lipinski definition) is 3. The zero-order valence-electron chi connectivity index (χ0n) is 15.1. The summed E-state index contributed by atoms with van der Waals surface area (Å²) in [5.41, 5.74) is 0.0605. The predicted octanol–water partition coefficient (Wildman–Crippen LogP) is 3.00. The van der Waals surface area contributed by atoms with E-state index in [0.29, 0.717) is 23.5 Å². The number of anilines is 2. The zero-order chi connectivity index (χ0) is 20.9. The Morgan fingerprint density at radius 3 is 2.66 bits per heavy atom. The third-order valence-electron chi connectivity index (χ3n) is 3.94. The average molecular weight is 405 g/mol. The Labute approximate surface area is 164 Å². The highest BCUT2D eigenvalue weighted by Crippen LogP contribution is 2.29. The van der Waals surface area contributed by atoms with E-state index in [2.05, 4.69) is 20.6 Å². The summed E-state index contributed by atoms with van der Waals surface area (Å²) in [7, 11) is 0. The van der Waals surface area contributed by atoms with Gasteiger partial charge in [0.25, 0.3) is 5.91 Å². The van der Waals surface area contributed by atoms with E-state index in [1.807, 2.05) is 0 Å². The fourth-order valence-electron chi connectivity index (χ4n) is 2.57. The highest BCUT2D eigenvalue weighted by atomic mass is 19.4. The summed E-state index contributed by atoms with van der Waals surface area (Å²) >= 11 is 0. The number of nitrogens with zero attached hydrogens (tertiary/aromatic N) is 3. The predicted molar refractivity (Wildman–Crippen MR) is 101 cm³/mol. The van der Waals surface area contributed by atoms with Crippen LogP contribution >= 0.6 is 0 Å². The molecule has 0 aliphatic heterocycles. The van der Waals surface area contributed by atoms with Crippen LogP contribution in [-0.2, 0) is 12.7 Å². The average Bonchev–Trinajstić information content (AvgIpc) is 3.13. The van der Waals surface area contributed by atoms with Crippen molar-refractivity contribution in [3.63, 3.8) is 0 Å². The minimum Gasteiger partial charge on any atom is -0.395 e. The summed E-state index contributed by atoms with van der Waals surface area (Å²) < 4.78 is 40.0. The van der Waals surface area contributed by atoms with Crippen LogP contribution in [0.5, 0.6) is 0 Å². The van der Waals surface area contributed by atoms with Gasteiger partial charge in [-0.15, -0.1) is 0 Å². The van der Waals surface area contributed by atoms with Gasteiger partial charge in [-0.1, -0.05) is 12.1 Å². The van der Waals surface area contributed by atoms with Crippen molar-refractivity contribution in [2.45, 2.75) is 12.7 Å². The van der Waals surface area contributed by atoms with Gasteiger partial charge in [0.05, 0.1) is 24.1 Å². The lowest BCUT2D eigenvalue weighted by molar-refractivity contribution is -0.137. The second kappa shape index (κ2) is 8.74. The van der Waals surface area contributed by atoms with Crippen LogP contribution in [0.1, 0.15) is 21.5 Å². The molecule has 7 nitrogen and oxygen atoms in total. The van der Waals surface area contributed by atoms with Crippen LogP contribution in [0.25, 0.3) is 0 Å². The molecule has 0 radical (unpaired) electrons. The molecule has 3 rings (SSSR count). The molecule has 2 heterocycles. The Balaban J connectivity index is 1.62. The first-order valence-electron chi connectivity index (χ1n) is 8.65. The summed E-state index contributed by atoms with van der Waals surface area (Å²) in [5.74, 6) is 0.376. The molecule has 0 aliphatic rings. The van der Waals surface area contributed by atoms with Gasteiger partial charge < -0.3 is 20.3 Å².